The molecule has 1 aromatic heterocycles. The molecule has 140 valence electrons. The van der Waals surface area contributed by atoms with Crippen molar-refractivity contribution in [3.05, 3.63) is 75.8 Å². The van der Waals surface area contributed by atoms with Crippen LogP contribution in [-0.4, -0.2) is 17.0 Å². The summed E-state index contributed by atoms with van der Waals surface area (Å²) in [7, 11) is -2.83. The van der Waals surface area contributed by atoms with Gasteiger partial charge in [0.15, 0.2) is 8.03 Å². The highest BCUT2D eigenvalue weighted by molar-refractivity contribution is 7.38. The largest absolute Gasteiger partial charge is 0.346 e. The van der Waals surface area contributed by atoms with Gasteiger partial charge >= 0.3 is 0 Å². The Morgan fingerprint density at radius 1 is 1.33 bits per heavy atom. The van der Waals surface area contributed by atoms with Crippen LogP contribution in [0.4, 0.5) is 0 Å². The number of aryl methyl sites for hydroxylation is 1. The molecular formula is C20H19ClNO3PS. The molecule has 0 aliphatic heterocycles. The summed E-state index contributed by atoms with van der Waals surface area (Å²) in [5.74, 6) is -1.03. The highest BCUT2D eigenvalue weighted by atomic mass is 35.5. The van der Waals surface area contributed by atoms with E-state index in [4.69, 9.17) is 11.6 Å². The van der Waals surface area contributed by atoms with E-state index in [0.29, 0.717) is 5.02 Å². The van der Waals surface area contributed by atoms with Crippen molar-refractivity contribution in [2.24, 2.45) is 0 Å². The maximum Gasteiger partial charge on any atom is 0.232 e. The summed E-state index contributed by atoms with van der Waals surface area (Å²) in [6.45, 7) is 1.99. The summed E-state index contributed by atoms with van der Waals surface area (Å²) in [5.41, 5.74) is 2.82. The van der Waals surface area contributed by atoms with E-state index in [-0.39, 0.29) is 12.1 Å². The van der Waals surface area contributed by atoms with E-state index >= 15 is 0 Å². The first-order valence-electron chi connectivity index (χ1n) is 8.36. The Labute approximate surface area is 167 Å². The average Bonchev–Trinajstić information content (AvgIpc) is 3.03. The Morgan fingerprint density at radius 3 is 2.85 bits per heavy atom. The van der Waals surface area contributed by atoms with Crippen molar-refractivity contribution in [1.82, 2.24) is 5.32 Å². The molecule has 0 radical (unpaired) electrons. The van der Waals surface area contributed by atoms with Gasteiger partial charge < -0.3 is 10.2 Å². The van der Waals surface area contributed by atoms with Crippen molar-refractivity contribution < 1.29 is 14.3 Å². The molecular weight excluding hydrogens is 401 g/mol. The lowest BCUT2D eigenvalue weighted by atomic mass is 9.99. The minimum Gasteiger partial charge on any atom is -0.346 e. The standard InChI is InChI=1S/C20H19ClNO3PS/c1-13-4-2-3-5-14(13)8-9-22-20(23)17(11-26(24)25)18-12-27-19-7-6-15(21)10-16(18)19/h2-10,12,17,26H,11H2,1H3,(H,22,23)(H,24,25)/b9-8+. The van der Waals surface area contributed by atoms with Crippen molar-refractivity contribution in [3.8, 4) is 0 Å². The number of rotatable bonds is 6. The molecule has 2 atom stereocenters. The molecule has 2 aromatic carbocycles. The van der Waals surface area contributed by atoms with Gasteiger partial charge in [-0.3, -0.25) is 9.36 Å². The van der Waals surface area contributed by atoms with Crippen LogP contribution in [0.1, 0.15) is 22.6 Å². The van der Waals surface area contributed by atoms with Gasteiger partial charge in [-0.05, 0) is 58.7 Å². The van der Waals surface area contributed by atoms with Gasteiger partial charge in [-0.15, -0.1) is 11.3 Å². The van der Waals surface area contributed by atoms with E-state index in [9.17, 15) is 14.3 Å². The zero-order valence-electron chi connectivity index (χ0n) is 14.6. The third kappa shape index (κ3) is 4.88. The fourth-order valence-electron chi connectivity index (χ4n) is 2.90. The van der Waals surface area contributed by atoms with Crippen LogP contribution >= 0.6 is 31.0 Å². The van der Waals surface area contributed by atoms with Crippen LogP contribution in [0.2, 0.25) is 5.02 Å². The molecule has 3 rings (SSSR count). The molecule has 27 heavy (non-hydrogen) atoms. The summed E-state index contributed by atoms with van der Waals surface area (Å²) in [6.07, 6.45) is 3.29. The predicted octanol–water partition coefficient (Wildman–Crippen LogP) is 5.20. The third-order valence-electron chi connectivity index (χ3n) is 4.31. The Balaban J connectivity index is 1.85. The molecule has 3 aromatic rings. The highest BCUT2D eigenvalue weighted by Gasteiger charge is 2.25. The fourth-order valence-corrected chi connectivity index (χ4v) is 4.82. The van der Waals surface area contributed by atoms with E-state index < -0.39 is 13.9 Å². The summed E-state index contributed by atoms with van der Waals surface area (Å²) < 4.78 is 12.5. The number of halogens is 1. The average molecular weight is 420 g/mol. The zero-order valence-corrected chi connectivity index (χ0v) is 17.2. The van der Waals surface area contributed by atoms with Crippen LogP contribution in [0.3, 0.4) is 0 Å². The smallest absolute Gasteiger partial charge is 0.232 e. The summed E-state index contributed by atoms with van der Waals surface area (Å²) in [5, 5.41) is 6.03. The molecule has 4 nitrogen and oxygen atoms in total. The van der Waals surface area contributed by atoms with Gasteiger partial charge in [0.2, 0.25) is 5.91 Å². The molecule has 2 unspecified atom stereocenters. The van der Waals surface area contributed by atoms with Crippen LogP contribution in [0.15, 0.2) is 54.0 Å². The number of thiophene rings is 1. The van der Waals surface area contributed by atoms with Crippen LogP contribution in [0, 0.1) is 6.92 Å². The summed E-state index contributed by atoms with van der Waals surface area (Å²) >= 11 is 7.58. The zero-order chi connectivity index (χ0) is 19.4. The van der Waals surface area contributed by atoms with Crippen molar-refractivity contribution in [3.63, 3.8) is 0 Å². The second-order valence-electron chi connectivity index (χ2n) is 6.18. The molecule has 2 N–H and O–H groups in total. The molecule has 0 aliphatic carbocycles. The van der Waals surface area contributed by atoms with Gasteiger partial charge in [0.05, 0.1) is 5.92 Å². The lowest BCUT2D eigenvalue weighted by Gasteiger charge is -2.14. The fraction of sp³-hybridized carbons (Fsp3) is 0.150. The van der Waals surface area contributed by atoms with Crippen molar-refractivity contribution >= 4 is 53.0 Å². The number of carbonyl (C=O) groups is 1. The van der Waals surface area contributed by atoms with Gasteiger partial charge in [-0.1, -0.05) is 35.9 Å². The molecule has 1 heterocycles. The minimum absolute atomic E-state index is 0.104. The van der Waals surface area contributed by atoms with Gasteiger partial charge in [-0.25, -0.2) is 0 Å². The normalized spacial score (nSPS) is 13.7. The molecule has 0 saturated carbocycles. The van der Waals surface area contributed by atoms with Gasteiger partial charge in [0, 0.05) is 22.1 Å². The van der Waals surface area contributed by atoms with E-state index in [1.807, 2.05) is 48.7 Å². The van der Waals surface area contributed by atoms with E-state index in [1.54, 1.807) is 18.3 Å². The van der Waals surface area contributed by atoms with Gasteiger partial charge in [0.1, 0.15) is 0 Å². The molecule has 7 heteroatoms. The number of benzene rings is 2. The van der Waals surface area contributed by atoms with Crippen LogP contribution < -0.4 is 5.32 Å². The molecule has 0 bridgehead atoms. The number of nitrogens with one attached hydrogen (secondary N) is 1. The highest BCUT2D eigenvalue weighted by Crippen LogP contribution is 2.36. The van der Waals surface area contributed by atoms with Crippen molar-refractivity contribution in [1.29, 1.82) is 0 Å². The maximum atomic E-state index is 12.8. The molecule has 1 amide bonds. The second kappa shape index (κ2) is 8.85. The SMILES string of the molecule is Cc1ccccc1/C=C/NC(=O)C(C[PH](=O)O)c1csc2ccc(Cl)cc12. The van der Waals surface area contributed by atoms with Crippen LogP contribution in [-0.2, 0) is 9.36 Å². The first kappa shape index (κ1) is 19.8. The number of hydrogen-bond donors (Lipinski definition) is 2. The van der Waals surface area contributed by atoms with E-state index in [0.717, 1.165) is 26.8 Å². The predicted molar refractivity (Wildman–Crippen MR) is 114 cm³/mol. The van der Waals surface area contributed by atoms with Gasteiger partial charge in [0.25, 0.3) is 0 Å². The lowest BCUT2D eigenvalue weighted by molar-refractivity contribution is -0.121. The first-order chi connectivity index (χ1) is 13.0. The third-order valence-corrected chi connectivity index (χ3v) is 6.29. The minimum atomic E-state index is -2.83. The summed E-state index contributed by atoms with van der Waals surface area (Å²) in [6, 6.07) is 13.3. The number of hydrogen-bond acceptors (Lipinski definition) is 3. The van der Waals surface area contributed by atoms with Crippen LogP contribution in [0.5, 0.6) is 0 Å². The monoisotopic (exact) mass is 419 g/mol. The quantitative estimate of drug-likeness (QED) is 0.539. The lowest BCUT2D eigenvalue weighted by Crippen LogP contribution is -2.26. The Bertz CT molecular complexity index is 1030. The maximum absolute atomic E-state index is 12.8. The van der Waals surface area contributed by atoms with E-state index in [2.05, 4.69) is 5.32 Å². The number of fused-ring (bicyclic) bond motifs is 1. The number of amides is 1. The Kier molecular flexibility index (Phi) is 6.51. The van der Waals surface area contributed by atoms with Crippen LogP contribution in [0.25, 0.3) is 16.2 Å². The van der Waals surface area contributed by atoms with Crippen molar-refractivity contribution in [2.75, 3.05) is 6.16 Å². The Hall–Kier alpha value is -1.91. The first-order valence-corrected chi connectivity index (χ1v) is 11.2. The molecule has 0 spiro atoms. The summed E-state index contributed by atoms with van der Waals surface area (Å²) in [4.78, 5) is 22.2. The molecule has 0 aliphatic rings. The van der Waals surface area contributed by atoms with E-state index in [1.165, 1.54) is 11.3 Å². The van der Waals surface area contributed by atoms with Crippen molar-refractivity contribution in [2.45, 2.75) is 12.8 Å². The number of carbonyl (C=O) groups excluding carboxylic acids is 1. The molecule has 0 fully saturated rings. The Morgan fingerprint density at radius 2 is 2.11 bits per heavy atom. The topological polar surface area (TPSA) is 66.4 Å². The second-order valence-corrected chi connectivity index (χ2v) is 8.72. The van der Waals surface area contributed by atoms with Gasteiger partial charge in [-0.2, -0.15) is 0 Å². The molecule has 0 saturated heterocycles.